The van der Waals surface area contributed by atoms with E-state index in [9.17, 15) is 0 Å². The van der Waals surface area contributed by atoms with Crippen LogP contribution in [0.15, 0.2) is 12.7 Å². The zero-order valence-corrected chi connectivity index (χ0v) is 8.96. The van der Waals surface area contributed by atoms with E-state index in [1.165, 1.54) is 18.9 Å². The summed E-state index contributed by atoms with van der Waals surface area (Å²) in [6, 6.07) is 1.46. The maximum Gasteiger partial charge on any atom is 0.0644 e. The molecule has 66 valence electrons. The molecule has 0 amide bonds. The van der Waals surface area contributed by atoms with Gasteiger partial charge in [-0.3, -0.25) is 0 Å². The Morgan fingerprint density at radius 3 is 2.64 bits per heavy atom. The molecule has 0 saturated carbocycles. The lowest BCUT2D eigenvalue weighted by Gasteiger charge is -2.02. The highest BCUT2D eigenvalue weighted by atomic mass is 28.3. The zero-order chi connectivity index (χ0) is 8.53. The van der Waals surface area contributed by atoms with Crippen molar-refractivity contribution >= 4 is 8.80 Å². The molecule has 11 heavy (non-hydrogen) atoms. The molecule has 0 atom stereocenters. The van der Waals surface area contributed by atoms with Gasteiger partial charge in [0.15, 0.2) is 0 Å². The zero-order valence-electron chi connectivity index (χ0n) is 7.81. The highest BCUT2D eigenvalue weighted by Gasteiger charge is 1.94. The Morgan fingerprint density at radius 1 is 1.36 bits per heavy atom. The summed E-state index contributed by atoms with van der Waals surface area (Å²) in [7, 11) is -0.305. The van der Waals surface area contributed by atoms with Gasteiger partial charge < -0.3 is 4.74 Å². The molecule has 0 N–H and O–H groups in total. The average Bonchev–Trinajstić information content (AvgIpc) is 1.96. The first-order valence-electron chi connectivity index (χ1n) is 4.46. The Hall–Kier alpha value is -0.0831. The Bertz CT molecular complexity index is 91.6. The van der Waals surface area contributed by atoms with Gasteiger partial charge in [0.1, 0.15) is 0 Å². The van der Waals surface area contributed by atoms with E-state index in [2.05, 4.69) is 19.7 Å². The molecule has 0 rings (SSSR count). The van der Waals surface area contributed by atoms with Gasteiger partial charge in [0.05, 0.1) is 6.61 Å². The number of ether oxygens (including phenoxy) is 1. The first kappa shape index (κ1) is 10.9. The molecular weight excluding hydrogens is 152 g/mol. The monoisotopic (exact) mass is 172 g/mol. The van der Waals surface area contributed by atoms with E-state index < -0.39 is 0 Å². The molecule has 0 fully saturated rings. The van der Waals surface area contributed by atoms with Gasteiger partial charge in [-0.25, -0.2) is 0 Å². The smallest absolute Gasteiger partial charge is 0.0644 e. The van der Waals surface area contributed by atoms with Gasteiger partial charge in [0.25, 0.3) is 0 Å². The molecular formula is C9H20OSi. The van der Waals surface area contributed by atoms with E-state index in [1.54, 1.807) is 6.08 Å². The Labute approximate surface area is 72.1 Å². The molecule has 0 aliphatic rings. The molecule has 0 aliphatic carbocycles. The van der Waals surface area contributed by atoms with E-state index >= 15 is 0 Å². The second-order valence-electron chi connectivity index (χ2n) is 3.25. The van der Waals surface area contributed by atoms with Gasteiger partial charge in [-0.1, -0.05) is 31.6 Å². The average molecular weight is 172 g/mol. The number of hydrogen-bond donors (Lipinski definition) is 0. The predicted molar refractivity (Wildman–Crippen MR) is 53.9 cm³/mol. The minimum absolute atomic E-state index is 0.305. The van der Waals surface area contributed by atoms with Crippen LogP contribution >= 0.6 is 0 Å². The van der Waals surface area contributed by atoms with E-state index in [4.69, 9.17) is 4.74 Å². The molecule has 0 aliphatic heterocycles. The number of rotatable bonds is 7. The predicted octanol–water partition coefficient (Wildman–Crippen LogP) is 2.46. The minimum atomic E-state index is -0.305. The summed E-state index contributed by atoms with van der Waals surface area (Å²) in [6.45, 7) is 9.99. The lowest BCUT2D eigenvalue weighted by atomic mass is 10.4. The van der Waals surface area contributed by atoms with Crippen molar-refractivity contribution in [1.29, 1.82) is 0 Å². The van der Waals surface area contributed by atoms with Crippen LogP contribution in [-0.2, 0) is 4.74 Å². The first-order valence-corrected chi connectivity index (χ1v) is 7.58. The van der Waals surface area contributed by atoms with Crippen LogP contribution in [0.2, 0.25) is 19.1 Å². The van der Waals surface area contributed by atoms with Crippen molar-refractivity contribution < 1.29 is 4.74 Å². The third-order valence-corrected chi connectivity index (χ3v) is 3.12. The van der Waals surface area contributed by atoms with E-state index in [0.717, 1.165) is 6.61 Å². The second kappa shape index (κ2) is 8.02. The van der Waals surface area contributed by atoms with Crippen molar-refractivity contribution in [2.75, 3.05) is 13.2 Å². The molecule has 1 nitrogen and oxygen atoms in total. The largest absolute Gasteiger partial charge is 0.377 e. The highest BCUT2D eigenvalue weighted by molar-refractivity contribution is 6.55. The van der Waals surface area contributed by atoms with Crippen molar-refractivity contribution in [3.63, 3.8) is 0 Å². The van der Waals surface area contributed by atoms with Gasteiger partial charge in [-0.05, 0) is 6.42 Å². The summed E-state index contributed by atoms with van der Waals surface area (Å²) in [5, 5.41) is 0. The van der Waals surface area contributed by atoms with E-state index in [1.807, 2.05) is 0 Å². The summed E-state index contributed by atoms with van der Waals surface area (Å²) in [4.78, 5) is 0. The third-order valence-electron chi connectivity index (χ3n) is 1.56. The van der Waals surface area contributed by atoms with Crippen molar-refractivity contribution in [2.45, 2.75) is 32.0 Å². The van der Waals surface area contributed by atoms with Crippen molar-refractivity contribution in [2.24, 2.45) is 0 Å². The summed E-state index contributed by atoms with van der Waals surface area (Å²) in [5.74, 6) is 0. The molecule has 2 heteroatoms. The fourth-order valence-corrected chi connectivity index (χ4v) is 2.03. The molecule has 0 saturated heterocycles. The van der Waals surface area contributed by atoms with Crippen LogP contribution in [0.5, 0.6) is 0 Å². The molecule has 0 spiro atoms. The topological polar surface area (TPSA) is 9.23 Å². The summed E-state index contributed by atoms with van der Waals surface area (Å²) < 4.78 is 5.26. The van der Waals surface area contributed by atoms with Crippen LogP contribution < -0.4 is 0 Å². The van der Waals surface area contributed by atoms with Crippen molar-refractivity contribution in [3.8, 4) is 0 Å². The lowest BCUT2D eigenvalue weighted by molar-refractivity contribution is 0.159. The maximum absolute atomic E-state index is 5.26. The highest BCUT2D eigenvalue weighted by Crippen LogP contribution is 2.00. The van der Waals surface area contributed by atoms with Crippen LogP contribution in [0.25, 0.3) is 0 Å². The molecule has 0 radical (unpaired) electrons. The number of hydrogen-bond acceptors (Lipinski definition) is 1. The maximum atomic E-state index is 5.26. The summed E-state index contributed by atoms with van der Waals surface area (Å²) >= 11 is 0. The van der Waals surface area contributed by atoms with E-state index in [-0.39, 0.29) is 8.80 Å². The van der Waals surface area contributed by atoms with Crippen LogP contribution in [0.1, 0.15) is 12.8 Å². The van der Waals surface area contributed by atoms with Crippen LogP contribution in [0, 0.1) is 0 Å². The third kappa shape index (κ3) is 9.92. The molecule has 0 unspecified atom stereocenters. The quantitative estimate of drug-likeness (QED) is 0.326. The van der Waals surface area contributed by atoms with Gasteiger partial charge >= 0.3 is 0 Å². The molecule has 0 aromatic rings. The second-order valence-corrected chi connectivity index (χ2v) is 6.62. The van der Waals surface area contributed by atoms with Crippen molar-refractivity contribution in [1.82, 2.24) is 0 Å². The van der Waals surface area contributed by atoms with Crippen LogP contribution in [0.4, 0.5) is 0 Å². The fourth-order valence-electron chi connectivity index (χ4n) is 0.923. The van der Waals surface area contributed by atoms with Crippen LogP contribution in [-0.4, -0.2) is 22.0 Å². The SMILES string of the molecule is C=CCOCCCC[SiH](C)C. The fraction of sp³-hybridized carbons (Fsp3) is 0.778. The summed E-state index contributed by atoms with van der Waals surface area (Å²) in [6.07, 6.45) is 4.37. The standard InChI is InChI=1S/C9H20OSi/c1-4-7-10-8-5-6-9-11(2)3/h4,11H,1,5-9H2,2-3H3. The molecule has 0 aromatic carbocycles. The van der Waals surface area contributed by atoms with E-state index in [0.29, 0.717) is 6.61 Å². The minimum Gasteiger partial charge on any atom is -0.377 e. The Kier molecular flexibility index (Phi) is 7.96. The summed E-state index contributed by atoms with van der Waals surface area (Å²) in [5.41, 5.74) is 0. The Balaban J connectivity index is 2.85. The lowest BCUT2D eigenvalue weighted by Crippen LogP contribution is -2.00. The van der Waals surface area contributed by atoms with Gasteiger partial charge in [-0.2, -0.15) is 0 Å². The van der Waals surface area contributed by atoms with Gasteiger partial charge in [-0.15, -0.1) is 6.58 Å². The first-order chi connectivity index (χ1) is 5.27. The number of unbranched alkanes of at least 4 members (excludes halogenated alkanes) is 1. The molecule has 0 heterocycles. The normalized spacial score (nSPS) is 10.5. The van der Waals surface area contributed by atoms with Crippen LogP contribution in [0.3, 0.4) is 0 Å². The van der Waals surface area contributed by atoms with Gasteiger partial charge in [0, 0.05) is 15.4 Å². The van der Waals surface area contributed by atoms with Crippen molar-refractivity contribution in [3.05, 3.63) is 12.7 Å². The Morgan fingerprint density at radius 2 is 2.09 bits per heavy atom. The molecule has 0 aromatic heterocycles. The molecule has 0 bridgehead atoms. The van der Waals surface area contributed by atoms with Gasteiger partial charge in [0.2, 0.25) is 0 Å².